The molecule has 0 aliphatic rings. The van der Waals surface area contributed by atoms with Crippen LogP contribution in [0.5, 0.6) is 5.75 Å². The second kappa shape index (κ2) is 8.63. The van der Waals surface area contributed by atoms with Gasteiger partial charge in [0, 0.05) is 6.08 Å². The molecule has 6 heteroatoms. The Hall–Kier alpha value is -3.15. The van der Waals surface area contributed by atoms with E-state index in [0.29, 0.717) is 0 Å². The SMILES string of the molecule is Cc1cccc(/C=C/C(=O)NNC(=O)[C@@H](C)Oc2ccccc2F)c1. The van der Waals surface area contributed by atoms with Crippen LogP contribution in [0.2, 0.25) is 0 Å². The summed E-state index contributed by atoms with van der Waals surface area (Å²) in [5, 5.41) is 0. The molecule has 0 radical (unpaired) electrons. The van der Waals surface area contributed by atoms with Crippen molar-refractivity contribution in [1.82, 2.24) is 10.9 Å². The van der Waals surface area contributed by atoms with Gasteiger partial charge in [0.1, 0.15) is 0 Å². The lowest BCUT2D eigenvalue weighted by atomic mass is 10.1. The van der Waals surface area contributed by atoms with Gasteiger partial charge in [-0.2, -0.15) is 0 Å². The van der Waals surface area contributed by atoms with Crippen LogP contribution in [0.3, 0.4) is 0 Å². The Morgan fingerprint density at radius 3 is 2.60 bits per heavy atom. The van der Waals surface area contributed by atoms with Crippen molar-refractivity contribution in [2.75, 3.05) is 0 Å². The number of rotatable bonds is 5. The Balaban J connectivity index is 1.82. The molecular weight excluding hydrogens is 323 g/mol. The van der Waals surface area contributed by atoms with Gasteiger partial charge in [0.25, 0.3) is 11.8 Å². The zero-order valence-electron chi connectivity index (χ0n) is 14.0. The maximum atomic E-state index is 13.5. The predicted octanol–water partition coefficient (Wildman–Crippen LogP) is 2.76. The van der Waals surface area contributed by atoms with Gasteiger partial charge in [-0.1, -0.05) is 42.0 Å². The monoisotopic (exact) mass is 342 g/mol. The molecule has 0 aliphatic heterocycles. The molecule has 0 aromatic heterocycles. The number of halogens is 1. The fourth-order valence-corrected chi connectivity index (χ4v) is 2.00. The van der Waals surface area contributed by atoms with Crippen molar-refractivity contribution in [1.29, 1.82) is 0 Å². The molecule has 2 amide bonds. The van der Waals surface area contributed by atoms with Crippen LogP contribution in [0.15, 0.2) is 54.6 Å². The first-order valence-electron chi connectivity index (χ1n) is 7.71. The van der Waals surface area contributed by atoms with Crippen molar-refractivity contribution < 1.29 is 18.7 Å². The third-order valence-corrected chi connectivity index (χ3v) is 3.29. The first kappa shape index (κ1) is 18.2. The van der Waals surface area contributed by atoms with E-state index in [1.165, 1.54) is 31.2 Å². The number of para-hydroxylation sites is 1. The summed E-state index contributed by atoms with van der Waals surface area (Å²) in [6.45, 7) is 3.41. The Morgan fingerprint density at radius 1 is 1.12 bits per heavy atom. The maximum Gasteiger partial charge on any atom is 0.279 e. The van der Waals surface area contributed by atoms with Gasteiger partial charge in [0.05, 0.1) is 0 Å². The van der Waals surface area contributed by atoms with Gasteiger partial charge in [0.15, 0.2) is 17.7 Å². The van der Waals surface area contributed by atoms with Gasteiger partial charge in [0.2, 0.25) is 0 Å². The molecule has 25 heavy (non-hydrogen) atoms. The van der Waals surface area contributed by atoms with E-state index in [2.05, 4.69) is 10.9 Å². The van der Waals surface area contributed by atoms with Gasteiger partial charge in [-0.25, -0.2) is 4.39 Å². The Kier molecular flexibility index (Phi) is 6.28. The zero-order valence-corrected chi connectivity index (χ0v) is 14.0. The Morgan fingerprint density at radius 2 is 1.88 bits per heavy atom. The number of nitrogens with one attached hydrogen (secondary N) is 2. The fraction of sp³-hybridized carbons (Fsp3) is 0.158. The van der Waals surface area contributed by atoms with Crippen LogP contribution in [-0.4, -0.2) is 17.9 Å². The lowest BCUT2D eigenvalue weighted by Gasteiger charge is -2.15. The minimum atomic E-state index is -0.974. The van der Waals surface area contributed by atoms with Crippen LogP contribution in [0.25, 0.3) is 6.08 Å². The molecular formula is C19H19FN2O3. The third-order valence-electron chi connectivity index (χ3n) is 3.29. The van der Waals surface area contributed by atoms with Crippen LogP contribution >= 0.6 is 0 Å². The molecule has 0 spiro atoms. The van der Waals surface area contributed by atoms with Crippen molar-refractivity contribution in [2.24, 2.45) is 0 Å². The highest BCUT2D eigenvalue weighted by molar-refractivity contribution is 5.93. The van der Waals surface area contributed by atoms with Crippen LogP contribution in [0.1, 0.15) is 18.1 Å². The average molecular weight is 342 g/mol. The number of carbonyl (C=O) groups excluding carboxylic acids is 2. The van der Waals surface area contributed by atoms with Gasteiger partial charge in [-0.05, 0) is 37.6 Å². The minimum Gasteiger partial charge on any atom is -0.478 e. The second-order valence-electron chi connectivity index (χ2n) is 5.42. The average Bonchev–Trinajstić information content (AvgIpc) is 2.59. The van der Waals surface area contributed by atoms with E-state index in [0.717, 1.165) is 11.1 Å². The summed E-state index contributed by atoms with van der Waals surface area (Å²) in [5.74, 6) is -1.68. The van der Waals surface area contributed by atoms with Gasteiger partial charge in [-0.15, -0.1) is 0 Å². The largest absolute Gasteiger partial charge is 0.478 e. The molecule has 0 bridgehead atoms. The number of benzene rings is 2. The number of aryl methyl sites for hydroxylation is 1. The number of amides is 2. The number of hydrogen-bond donors (Lipinski definition) is 2. The first-order chi connectivity index (χ1) is 12.0. The smallest absolute Gasteiger partial charge is 0.279 e. The standard InChI is InChI=1S/C19H19FN2O3/c1-13-6-5-7-15(12-13)10-11-18(23)21-22-19(24)14(2)25-17-9-4-3-8-16(17)20/h3-12,14H,1-2H3,(H,21,23)(H,22,24)/b11-10+/t14-/m1/s1. The summed E-state index contributed by atoms with van der Waals surface area (Å²) in [6.07, 6.45) is 1.96. The Bertz CT molecular complexity index is 790. The molecule has 2 aromatic carbocycles. The highest BCUT2D eigenvalue weighted by Crippen LogP contribution is 2.16. The quantitative estimate of drug-likeness (QED) is 0.648. The highest BCUT2D eigenvalue weighted by atomic mass is 19.1. The number of hydrogen-bond acceptors (Lipinski definition) is 3. The molecule has 0 fully saturated rings. The number of carbonyl (C=O) groups is 2. The lowest BCUT2D eigenvalue weighted by Crippen LogP contribution is -2.46. The molecule has 0 unspecified atom stereocenters. The zero-order chi connectivity index (χ0) is 18.2. The van der Waals surface area contributed by atoms with Crippen LogP contribution in [-0.2, 0) is 9.59 Å². The maximum absolute atomic E-state index is 13.5. The third kappa shape index (κ3) is 5.76. The van der Waals surface area contributed by atoms with E-state index in [1.807, 2.05) is 31.2 Å². The molecule has 0 heterocycles. The molecule has 2 rings (SSSR count). The molecule has 2 aromatic rings. The van der Waals surface area contributed by atoms with Gasteiger partial charge in [-0.3, -0.25) is 20.4 Å². The molecule has 0 saturated heterocycles. The van der Waals surface area contributed by atoms with Crippen molar-refractivity contribution in [2.45, 2.75) is 20.0 Å². The van der Waals surface area contributed by atoms with Crippen molar-refractivity contribution >= 4 is 17.9 Å². The van der Waals surface area contributed by atoms with E-state index in [9.17, 15) is 14.0 Å². The molecule has 130 valence electrons. The molecule has 5 nitrogen and oxygen atoms in total. The van der Waals surface area contributed by atoms with Crippen LogP contribution in [0, 0.1) is 12.7 Å². The van der Waals surface area contributed by atoms with Crippen LogP contribution in [0.4, 0.5) is 4.39 Å². The first-order valence-corrected chi connectivity index (χ1v) is 7.71. The fourth-order valence-electron chi connectivity index (χ4n) is 2.00. The number of ether oxygens (including phenoxy) is 1. The lowest BCUT2D eigenvalue weighted by molar-refractivity contribution is -0.131. The van der Waals surface area contributed by atoms with E-state index in [4.69, 9.17) is 4.74 Å². The van der Waals surface area contributed by atoms with Gasteiger partial charge < -0.3 is 4.74 Å². The molecule has 2 N–H and O–H groups in total. The highest BCUT2D eigenvalue weighted by Gasteiger charge is 2.16. The topological polar surface area (TPSA) is 67.4 Å². The summed E-state index contributed by atoms with van der Waals surface area (Å²) in [7, 11) is 0. The summed E-state index contributed by atoms with van der Waals surface area (Å²) >= 11 is 0. The van der Waals surface area contributed by atoms with Crippen molar-refractivity contribution in [3.05, 3.63) is 71.6 Å². The number of hydrazine groups is 1. The van der Waals surface area contributed by atoms with Crippen LogP contribution < -0.4 is 15.6 Å². The molecule has 0 aliphatic carbocycles. The summed E-state index contributed by atoms with van der Waals surface area (Å²) < 4.78 is 18.7. The van der Waals surface area contributed by atoms with Gasteiger partial charge >= 0.3 is 0 Å². The Labute approximate surface area is 145 Å². The van der Waals surface area contributed by atoms with Crippen molar-refractivity contribution in [3.63, 3.8) is 0 Å². The predicted molar refractivity (Wildman–Crippen MR) is 93.0 cm³/mol. The summed E-state index contributed by atoms with van der Waals surface area (Å²) in [5.41, 5.74) is 6.43. The van der Waals surface area contributed by atoms with E-state index < -0.39 is 23.7 Å². The summed E-state index contributed by atoms with van der Waals surface area (Å²) in [4.78, 5) is 23.6. The minimum absolute atomic E-state index is 0.0316. The molecule has 0 saturated carbocycles. The molecule has 1 atom stereocenters. The van der Waals surface area contributed by atoms with E-state index in [1.54, 1.807) is 12.1 Å². The van der Waals surface area contributed by atoms with E-state index >= 15 is 0 Å². The van der Waals surface area contributed by atoms with Crippen molar-refractivity contribution in [3.8, 4) is 5.75 Å². The summed E-state index contributed by atoms with van der Waals surface area (Å²) in [6, 6.07) is 13.4. The second-order valence-corrected chi connectivity index (χ2v) is 5.42. The van der Waals surface area contributed by atoms with E-state index in [-0.39, 0.29) is 5.75 Å². The normalized spacial score (nSPS) is 11.8.